The molecule has 7 nitrogen and oxygen atoms in total. The minimum atomic E-state index is -0.653. The summed E-state index contributed by atoms with van der Waals surface area (Å²) in [4.78, 5) is 41.9. The molecule has 1 aliphatic carbocycles. The van der Waals surface area contributed by atoms with Gasteiger partial charge in [-0.2, -0.15) is 0 Å². The highest BCUT2D eigenvalue weighted by Crippen LogP contribution is 2.29. The van der Waals surface area contributed by atoms with E-state index in [0.29, 0.717) is 5.56 Å². The van der Waals surface area contributed by atoms with Gasteiger partial charge in [0.2, 0.25) is 0 Å². The van der Waals surface area contributed by atoms with E-state index in [1.807, 2.05) is 24.3 Å². The lowest BCUT2D eigenvalue weighted by Crippen LogP contribution is -2.24. The van der Waals surface area contributed by atoms with Gasteiger partial charge in [-0.25, -0.2) is 4.79 Å². The van der Waals surface area contributed by atoms with Gasteiger partial charge < -0.3 is 15.8 Å². The van der Waals surface area contributed by atoms with E-state index in [4.69, 9.17) is 15.5 Å². The van der Waals surface area contributed by atoms with Crippen molar-refractivity contribution in [2.24, 2.45) is 5.73 Å². The summed E-state index contributed by atoms with van der Waals surface area (Å²) in [5.74, 6) is -1.74. The number of amides is 2. The summed E-state index contributed by atoms with van der Waals surface area (Å²) in [6, 6.07) is 13.9. The zero-order chi connectivity index (χ0) is 22.5. The van der Waals surface area contributed by atoms with E-state index in [1.54, 1.807) is 18.2 Å². The van der Waals surface area contributed by atoms with E-state index in [9.17, 15) is 14.4 Å². The maximum Gasteiger partial charge on any atom is 0.339 e. The largest absolute Gasteiger partial charge is 0.452 e. The summed E-state index contributed by atoms with van der Waals surface area (Å²) in [6.45, 7) is -0.475. The van der Waals surface area contributed by atoms with Gasteiger partial charge in [0, 0.05) is 11.1 Å². The summed E-state index contributed by atoms with van der Waals surface area (Å²) < 4.78 is 5.41. The number of para-hydroxylation sites is 2. The van der Waals surface area contributed by atoms with Gasteiger partial charge >= 0.3 is 5.97 Å². The standard InChI is InChI=1S/C25H25N3O4/c26-24(30)18-11-6-8-14-21(18)28-22(29)15-32-25(31)23-16-9-3-1-2-4-12-19(16)27-20-13-7-5-10-17(20)23/h5-8,10-11,13-14H,1-4,9,12,15H2,(H2,26,30)(H,28,29). The fourth-order valence-electron chi connectivity index (χ4n) is 4.16. The lowest BCUT2D eigenvalue weighted by atomic mass is 9.91. The Labute approximate surface area is 186 Å². The molecule has 4 rings (SSSR count). The molecule has 0 unspecified atom stereocenters. The minimum absolute atomic E-state index is 0.189. The zero-order valence-corrected chi connectivity index (χ0v) is 17.7. The van der Waals surface area contributed by atoms with Crippen LogP contribution in [-0.2, 0) is 22.4 Å². The number of carbonyl (C=O) groups is 3. The van der Waals surface area contributed by atoms with Crippen LogP contribution in [0.2, 0.25) is 0 Å². The van der Waals surface area contributed by atoms with Crippen molar-refractivity contribution in [3.05, 3.63) is 70.9 Å². The van der Waals surface area contributed by atoms with Crippen LogP contribution >= 0.6 is 0 Å². The van der Waals surface area contributed by atoms with Gasteiger partial charge in [-0.3, -0.25) is 14.6 Å². The summed E-state index contributed by atoms with van der Waals surface area (Å²) >= 11 is 0. The highest BCUT2D eigenvalue weighted by molar-refractivity contribution is 6.07. The van der Waals surface area contributed by atoms with Crippen LogP contribution in [0.25, 0.3) is 10.9 Å². The highest BCUT2D eigenvalue weighted by Gasteiger charge is 2.23. The third-order valence-corrected chi connectivity index (χ3v) is 5.67. The number of nitrogens with one attached hydrogen (secondary N) is 1. The van der Waals surface area contributed by atoms with E-state index >= 15 is 0 Å². The number of rotatable bonds is 5. The van der Waals surface area contributed by atoms with E-state index in [-0.39, 0.29) is 11.3 Å². The van der Waals surface area contributed by atoms with Crippen molar-refractivity contribution in [2.75, 3.05) is 11.9 Å². The number of anilines is 1. The first-order chi connectivity index (χ1) is 15.5. The predicted octanol–water partition coefficient (Wildman–Crippen LogP) is 3.79. The second kappa shape index (κ2) is 9.60. The fraction of sp³-hybridized carbons (Fsp3) is 0.280. The minimum Gasteiger partial charge on any atom is -0.452 e. The summed E-state index contributed by atoms with van der Waals surface area (Å²) in [7, 11) is 0. The molecule has 0 atom stereocenters. The van der Waals surface area contributed by atoms with E-state index in [2.05, 4.69) is 5.32 Å². The molecule has 2 aromatic carbocycles. The van der Waals surface area contributed by atoms with Crippen LogP contribution < -0.4 is 11.1 Å². The first-order valence-electron chi connectivity index (χ1n) is 10.8. The Morgan fingerprint density at radius 3 is 2.47 bits per heavy atom. The van der Waals surface area contributed by atoms with Crippen LogP contribution in [0, 0.1) is 0 Å². The average Bonchev–Trinajstić information content (AvgIpc) is 2.77. The van der Waals surface area contributed by atoms with Crippen molar-refractivity contribution < 1.29 is 19.1 Å². The normalized spacial score (nSPS) is 13.5. The van der Waals surface area contributed by atoms with Gasteiger partial charge in [-0.15, -0.1) is 0 Å². The van der Waals surface area contributed by atoms with Crippen LogP contribution in [0.3, 0.4) is 0 Å². The molecule has 164 valence electrons. The number of esters is 1. The van der Waals surface area contributed by atoms with Gasteiger partial charge in [-0.1, -0.05) is 43.2 Å². The van der Waals surface area contributed by atoms with Crippen LogP contribution in [0.5, 0.6) is 0 Å². The number of benzene rings is 2. The molecule has 1 aromatic heterocycles. The van der Waals surface area contributed by atoms with Gasteiger partial charge in [0.25, 0.3) is 11.8 Å². The molecular formula is C25H25N3O4. The number of hydrogen-bond donors (Lipinski definition) is 2. The van der Waals surface area contributed by atoms with Crippen LogP contribution in [-0.4, -0.2) is 29.4 Å². The zero-order valence-electron chi connectivity index (χ0n) is 17.7. The number of ether oxygens (including phenoxy) is 1. The van der Waals surface area contributed by atoms with E-state index in [0.717, 1.165) is 60.7 Å². The number of carbonyl (C=O) groups excluding carboxylic acids is 3. The van der Waals surface area contributed by atoms with Crippen molar-refractivity contribution in [1.82, 2.24) is 4.98 Å². The molecule has 0 spiro atoms. The maximum absolute atomic E-state index is 13.2. The number of nitrogens with zero attached hydrogens (tertiary/aromatic N) is 1. The first-order valence-corrected chi connectivity index (χ1v) is 10.8. The predicted molar refractivity (Wildman–Crippen MR) is 121 cm³/mol. The van der Waals surface area contributed by atoms with E-state index in [1.165, 1.54) is 6.07 Å². The lowest BCUT2D eigenvalue weighted by Gasteiger charge is -2.18. The third kappa shape index (κ3) is 4.61. The molecule has 0 saturated heterocycles. The molecule has 0 radical (unpaired) electrons. The number of fused-ring (bicyclic) bond motifs is 2. The van der Waals surface area contributed by atoms with E-state index < -0.39 is 24.4 Å². The lowest BCUT2D eigenvalue weighted by molar-refractivity contribution is -0.119. The van der Waals surface area contributed by atoms with Crippen molar-refractivity contribution in [3.63, 3.8) is 0 Å². The SMILES string of the molecule is NC(=O)c1ccccc1NC(=O)COC(=O)c1c2c(nc3ccccc13)CCCCCC2. The van der Waals surface area contributed by atoms with Crippen molar-refractivity contribution in [3.8, 4) is 0 Å². The van der Waals surface area contributed by atoms with Crippen molar-refractivity contribution >= 4 is 34.4 Å². The van der Waals surface area contributed by atoms with Gasteiger partial charge in [0.1, 0.15) is 0 Å². The number of aromatic nitrogens is 1. The molecule has 7 heteroatoms. The quantitative estimate of drug-likeness (QED) is 0.597. The second-order valence-corrected chi connectivity index (χ2v) is 7.88. The molecule has 1 heterocycles. The molecular weight excluding hydrogens is 406 g/mol. The molecule has 3 aromatic rings. The number of primary amides is 1. The van der Waals surface area contributed by atoms with Gasteiger partial charge in [-0.05, 0) is 49.4 Å². The summed E-state index contributed by atoms with van der Waals surface area (Å²) in [5.41, 5.74) is 8.93. The topological polar surface area (TPSA) is 111 Å². The van der Waals surface area contributed by atoms with Crippen LogP contribution in [0.15, 0.2) is 48.5 Å². The molecule has 0 aliphatic heterocycles. The Kier molecular flexibility index (Phi) is 6.44. The summed E-state index contributed by atoms with van der Waals surface area (Å²) in [6.07, 6.45) is 5.87. The molecule has 0 bridgehead atoms. The third-order valence-electron chi connectivity index (χ3n) is 5.67. The Balaban J connectivity index is 1.57. The number of hydrogen-bond acceptors (Lipinski definition) is 5. The summed E-state index contributed by atoms with van der Waals surface area (Å²) in [5, 5.41) is 3.32. The maximum atomic E-state index is 13.2. The van der Waals surface area contributed by atoms with Crippen molar-refractivity contribution in [2.45, 2.75) is 38.5 Å². The highest BCUT2D eigenvalue weighted by atomic mass is 16.5. The second-order valence-electron chi connectivity index (χ2n) is 7.88. The van der Waals surface area contributed by atoms with Gasteiger partial charge in [0.05, 0.1) is 22.3 Å². The Morgan fingerprint density at radius 1 is 0.938 bits per heavy atom. The average molecular weight is 431 g/mol. The molecule has 2 amide bonds. The molecule has 32 heavy (non-hydrogen) atoms. The number of pyridine rings is 1. The van der Waals surface area contributed by atoms with Crippen LogP contribution in [0.1, 0.15) is 57.7 Å². The smallest absolute Gasteiger partial charge is 0.339 e. The molecule has 0 fully saturated rings. The first kappa shape index (κ1) is 21.5. The Bertz CT molecular complexity index is 1190. The Morgan fingerprint density at radius 2 is 1.66 bits per heavy atom. The van der Waals surface area contributed by atoms with Crippen molar-refractivity contribution in [1.29, 1.82) is 0 Å². The van der Waals surface area contributed by atoms with Gasteiger partial charge in [0.15, 0.2) is 6.61 Å². The molecule has 3 N–H and O–H groups in total. The number of aryl methyl sites for hydroxylation is 1. The Hall–Kier alpha value is -3.74. The monoisotopic (exact) mass is 431 g/mol. The number of nitrogens with two attached hydrogens (primary N) is 1. The van der Waals surface area contributed by atoms with Crippen LogP contribution in [0.4, 0.5) is 5.69 Å². The molecule has 1 aliphatic rings. The molecule has 0 saturated carbocycles. The fourth-order valence-corrected chi connectivity index (χ4v) is 4.16.